The zero-order valence-corrected chi connectivity index (χ0v) is 18.9. The van der Waals surface area contributed by atoms with Crippen molar-refractivity contribution in [1.82, 2.24) is 14.9 Å². The molecule has 0 amide bonds. The topological polar surface area (TPSA) is 83.0 Å². The van der Waals surface area contributed by atoms with Crippen molar-refractivity contribution in [1.29, 1.82) is 0 Å². The van der Waals surface area contributed by atoms with E-state index in [2.05, 4.69) is 28.7 Å². The molecule has 3 aliphatic rings. The van der Waals surface area contributed by atoms with Crippen molar-refractivity contribution in [2.45, 2.75) is 51.8 Å². The Bertz CT molecular complexity index is 1140. The number of rotatable bonds is 2. The normalized spacial score (nSPS) is 32.1. The lowest BCUT2D eigenvalue weighted by atomic mass is 9.83. The molecule has 2 fully saturated rings. The number of aliphatic hydroxyl groups is 1. The third-order valence-electron chi connectivity index (χ3n) is 6.49. The van der Waals surface area contributed by atoms with Gasteiger partial charge in [0.05, 0.1) is 42.8 Å². The molecule has 2 aromatic rings. The number of pyridine rings is 1. The number of nitrogens with zero attached hydrogens (tertiary/aromatic N) is 3. The molecule has 0 aromatic carbocycles. The lowest BCUT2D eigenvalue weighted by Gasteiger charge is -2.47. The van der Waals surface area contributed by atoms with Gasteiger partial charge in [-0.15, -0.1) is 0 Å². The number of H-pyrrole nitrogens is 1. The van der Waals surface area contributed by atoms with E-state index >= 15 is 4.39 Å². The lowest BCUT2D eigenvalue weighted by Crippen LogP contribution is -2.59. The molecule has 2 saturated heterocycles. The maximum Gasteiger partial charge on any atom is 0.172 e. The number of ether oxygens (including phenoxy) is 2. The Morgan fingerprint density at radius 3 is 2.84 bits per heavy atom. The van der Waals surface area contributed by atoms with Crippen LogP contribution in [-0.2, 0) is 9.47 Å². The van der Waals surface area contributed by atoms with Crippen LogP contribution in [0.4, 0.5) is 4.39 Å². The zero-order valence-electron chi connectivity index (χ0n) is 18.9. The molecule has 32 heavy (non-hydrogen) atoms. The highest BCUT2D eigenvalue weighted by Crippen LogP contribution is 2.39. The van der Waals surface area contributed by atoms with Gasteiger partial charge in [0.15, 0.2) is 17.4 Å². The molecule has 0 aliphatic carbocycles. The van der Waals surface area contributed by atoms with Gasteiger partial charge in [-0.05, 0) is 39.2 Å². The standard InChI is InChI=1S/C24H29FN4O3/c1-13-5-6-18(19-16-7-8-26-22(16)27-9-17(19)25)28-23-21(20(13)24(3,4)30)32-12-15-11-31-10-14(2)29(15)23/h6-9,13-15,30H,5,10-12H2,1-4H3,(H,26,27)/b18-6+,21-20-,28-23+/t13?,14-,15+/m1/s1. The van der Waals surface area contributed by atoms with Gasteiger partial charge in [-0.1, -0.05) is 13.0 Å². The van der Waals surface area contributed by atoms with E-state index < -0.39 is 11.4 Å². The molecule has 2 aromatic heterocycles. The Morgan fingerprint density at radius 2 is 2.06 bits per heavy atom. The fourth-order valence-electron chi connectivity index (χ4n) is 5.15. The number of hydrogen-bond donors (Lipinski definition) is 2. The Balaban J connectivity index is 1.76. The van der Waals surface area contributed by atoms with Gasteiger partial charge in [0, 0.05) is 22.7 Å². The van der Waals surface area contributed by atoms with E-state index in [-0.39, 0.29) is 18.0 Å². The maximum atomic E-state index is 15.1. The van der Waals surface area contributed by atoms with Gasteiger partial charge < -0.3 is 24.5 Å². The predicted octanol–water partition coefficient (Wildman–Crippen LogP) is 3.63. The number of aromatic amines is 1. The monoisotopic (exact) mass is 440 g/mol. The smallest absolute Gasteiger partial charge is 0.172 e. The summed E-state index contributed by atoms with van der Waals surface area (Å²) in [7, 11) is 0. The van der Waals surface area contributed by atoms with Crippen LogP contribution in [0.3, 0.4) is 0 Å². The summed E-state index contributed by atoms with van der Waals surface area (Å²) in [6, 6.07) is 1.90. The fraction of sp³-hybridized carbons (Fsp3) is 0.500. The highest BCUT2D eigenvalue weighted by Gasteiger charge is 2.42. The Labute approximate surface area is 186 Å². The second-order valence-electron chi connectivity index (χ2n) is 9.44. The average Bonchev–Trinajstić information content (AvgIpc) is 3.19. The van der Waals surface area contributed by atoms with Gasteiger partial charge in [0.25, 0.3) is 0 Å². The van der Waals surface area contributed by atoms with Crippen molar-refractivity contribution in [3.63, 3.8) is 0 Å². The van der Waals surface area contributed by atoms with Crippen LogP contribution in [-0.4, -0.2) is 63.3 Å². The quantitative estimate of drug-likeness (QED) is 0.745. The van der Waals surface area contributed by atoms with E-state index in [0.29, 0.717) is 60.1 Å². The van der Waals surface area contributed by atoms with Gasteiger partial charge in [-0.25, -0.2) is 14.4 Å². The molecule has 5 rings (SSSR count). The van der Waals surface area contributed by atoms with E-state index in [4.69, 9.17) is 14.5 Å². The molecule has 3 atom stereocenters. The summed E-state index contributed by atoms with van der Waals surface area (Å²) in [6.07, 6.45) is 5.53. The molecule has 8 heteroatoms. The molecule has 170 valence electrons. The molecule has 2 N–H and O–H groups in total. The van der Waals surface area contributed by atoms with Gasteiger partial charge in [0.2, 0.25) is 0 Å². The second-order valence-corrected chi connectivity index (χ2v) is 9.44. The first-order valence-electron chi connectivity index (χ1n) is 11.1. The van der Waals surface area contributed by atoms with Crippen molar-refractivity contribution in [3.05, 3.63) is 47.2 Å². The van der Waals surface area contributed by atoms with Gasteiger partial charge in [0.1, 0.15) is 12.3 Å². The van der Waals surface area contributed by atoms with Crippen LogP contribution in [0, 0.1) is 11.7 Å². The van der Waals surface area contributed by atoms with Crippen LogP contribution in [0.5, 0.6) is 0 Å². The number of aliphatic imine (C=N–C) groups is 1. The zero-order chi connectivity index (χ0) is 22.6. The largest absolute Gasteiger partial charge is 0.487 e. The minimum absolute atomic E-state index is 0.00912. The molecular formula is C24H29FN4O3. The summed E-state index contributed by atoms with van der Waals surface area (Å²) in [5.41, 5.74) is 1.31. The van der Waals surface area contributed by atoms with Crippen molar-refractivity contribution in [3.8, 4) is 0 Å². The number of fused-ring (bicyclic) bond motifs is 4. The third-order valence-corrected chi connectivity index (χ3v) is 6.49. The number of allylic oxidation sites excluding steroid dienone is 1. The molecular weight excluding hydrogens is 411 g/mol. The minimum Gasteiger partial charge on any atom is -0.487 e. The number of nitrogens with one attached hydrogen (secondary N) is 1. The molecule has 7 nitrogen and oxygen atoms in total. The van der Waals surface area contributed by atoms with Crippen molar-refractivity contribution < 1.29 is 19.0 Å². The second kappa shape index (κ2) is 7.71. The van der Waals surface area contributed by atoms with Crippen LogP contribution < -0.4 is 0 Å². The third kappa shape index (κ3) is 3.42. The van der Waals surface area contributed by atoms with E-state index in [1.165, 1.54) is 6.20 Å². The summed E-state index contributed by atoms with van der Waals surface area (Å²) >= 11 is 0. The van der Waals surface area contributed by atoms with Crippen LogP contribution in [0.2, 0.25) is 0 Å². The molecule has 3 aliphatic heterocycles. The van der Waals surface area contributed by atoms with Crippen molar-refractivity contribution in [2.75, 3.05) is 19.8 Å². The molecule has 0 saturated carbocycles. The number of aromatic nitrogens is 2. The van der Waals surface area contributed by atoms with Crippen LogP contribution in [0.25, 0.3) is 16.7 Å². The minimum atomic E-state index is -1.08. The van der Waals surface area contributed by atoms with Crippen LogP contribution in [0.1, 0.15) is 39.7 Å². The highest BCUT2D eigenvalue weighted by atomic mass is 19.1. The molecule has 0 spiro atoms. The van der Waals surface area contributed by atoms with Gasteiger partial charge >= 0.3 is 0 Å². The summed E-state index contributed by atoms with van der Waals surface area (Å²) < 4.78 is 27.1. The predicted molar refractivity (Wildman–Crippen MR) is 120 cm³/mol. The van der Waals surface area contributed by atoms with Crippen molar-refractivity contribution in [2.24, 2.45) is 10.9 Å². The summed E-state index contributed by atoms with van der Waals surface area (Å²) in [5, 5.41) is 11.7. The maximum absolute atomic E-state index is 15.1. The summed E-state index contributed by atoms with van der Waals surface area (Å²) in [4.78, 5) is 14.4. The van der Waals surface area contributed by atoms with E-state index in [9.17, 15) is 5.11 Å². The van der Waals surface area contributed by atoms with E-state index in [1.807, 2.05) is 12.1 Å². The number of morpholine rings is 2. The first kappa shape index (κ1) is 21.2. The van der Waals surface area contributed by atoms with Gasteiger partial charge in [-0.2, -0.15) is 0 Å². The number of halogens is 1. The Hall–Kier alpha value is -2.71. The molecule has 5 heterocycles. The Morgan fingerprint density at radius 1 is 1.25 bits per heavy atom. The van der Waals surface area contributed by atoms with Crippen LogP contribution in [0.15, 0.2) is 40.9 Å². The first-order chi connectivity index (χ1) is 15.3. The van der Waals surface area contributed by atoms with Crippen molar-refractivity contribution >= 4 is 22.6 Å². The summed E-state index contributed by atoms with van der Waals surface area (Å²) in [6.45, 7) is 9.26. The van der Waals surface area contributed by atoms with Gasteiger partial charge in [-0.3, -0.25) is 0 Å². The first-order valence-corrected chi connectivity index (χ1v) is 11.1. The SMILES string of the molecule is CC1C/C=C(c2c(F)cnc3[nH]ccc23)/N=C2\C(=C/1C(C)(C)O)OC[C@@H]1COC[C@@H](C)N21. The molecule has 1 unspecified atom stereocenters. The van der Waals surface area contributed by atoms with E-state index in [0.717, 1.165) is 5.57 Å². The highest BCUT2D eigenvalue weighted by molar-refractivity contribution is 6.03. The summed E-state index contributed by atoms with van der Waals surface area (Å²) in [5.74, 6) is 0.787. The lowest BCUT2D eigenvalue weighted by molar-refractivity contribution is -0.0448. The average molecular weight is 441 g/mol. The molecule has 0 bridgehead atoms. The number of amidine groups is 1. The van der Waals surface area contributed by atoms with E-state index in [1.54, 1.807) is 20.0 Å². The number of hydrogen-bond acceptors (Lipinski definition) is 6. The molecule has 0 radical (unpaired) electrons. The Kier molecular flexibility index (Phi) is 5.09. The fourth-order valence-corrected chi connectivity index (χ4v) is 5.15. The van der Waals surface area contributed by atoms with Crippen LogP contribution >= 0.6 is 0 Å².